The molecule has 13 heavy (non-hydrogen) atoms. The summed E-state index contributed by atoms with van der Waals surface area (Å²) in [5, 5.41) is 4.95. The summed E-state index contributed by atoms with van der Waals surface area (Å²) < 4.78 is 21.9. The molecule has 1 aromatic carbocycles. The normalized spacial score (nSPS) is 11.5. The van der Waals surface area contributed by atoms with Crippen LogP contribution in [-0.2, 0) is 10.0 Å². The number of nitrogen functional groups attached to an aromatic ring is 1. The quantitative estimate of drug-likeness (QED) is 0.563. The van der Waals surface area contributed by atoms with Gasteiger partial charge in [0, 0.05) is 10.6 Å². The highest BCUT2D eigenvalue weighted by atomic mass is 32.2. The monoisotopic (exact) mass is 218 g/mol. The van der Waals surface area contributed by atoms with Gasteiger partial charge >= 0.3 is 0 Å². The Hall–Kier alpha value is -0.720. The summed E-state index contributed by atoms with van der Waals surface area (Å²) in [6.07, 6.45) is 1.82. The molecule has 1 rings (SSSR count). The highest BCUT2D eigenvalue weighted by Crippen LogP contribution is 2.25. The molecule has 0 radical (unpaired) electrons. The summed E-state index contributed by atoms with van der Waals surface area (Å²) >= 11 is 1.38. The molecule has 0 fully saturated rings. The lowest BCUT2D eigenvalue weighted by atomic mass is 10.3. The fraction of sp³-hybridized carbons (Fsp3) is 0.143. The van der Waals surface area contributed by atoms with Gasteiger partial charge in [0.15, 0.2) is 0 Å². The topological polar surface area (TPSA) is 86.2 Å². The van der Waals surface area contributed by atoms with Gasteiger partial charge in [0.2, 0.25) is 10.0 Å². The molecule has 4 nitrogen and oxygen atoms in total. The molecular weight excluding hydrogens is 208 g/mol. The maximum absolute atomic E-state index is 10.9. The largest absolute Gasteiger partial charge is 0.398 e. The molecule has 0 spiro atoms. The van der Waals surface area contributed by atoms with Crippen LogP contribution in [0.15, 0.2) is 28.0 Å². The molecule has 0 saturated heterocycles. The number of hydrogen-bond donors (Lipinski definition) is 2. The van der Waals surface area contributed by atoms with Crippen LogP contribution in [0.25, 0.3) is 0 Å². The van der Waals surface area contributed by atoms with Crippen LogP contribution < -0.4 is 10.9 Å². The first-order valence-corrected chi connectivity index (χ1v) is 6.18. The summed E-state index contributed by atoms with van der Waals surface area (Å²) in [6, 6.07) is 4.39. The van der Waals surface area contributed by atoms with Crippen molar-refractivity contribution in [2.45, 2.75) is 9.79 Å². The van der Waals surface area contributed by atoms with Gasteiger partial charge in [-0.15, -0.1) is 11.8 Å². The van der Waals surface area contributed by atoms with Crippen molar-refractivity contribution in [2.75, 3.05) is 12.0 Å². The third-order valence-electron chi connectivity index (χ3n) is 1.53. The van der Waals surface area contributed by atoms with E-state index in [2.05, 4.69) is 0 Å². The molecule has 0 unspecified atom stereocenters. The van der Waals surface area contributed by atoms with Crippen molar-refractivity contribution in [1.29, 1.82) is 0 Å². The first kappa shape index (κ1) is 10.4. The standard InChI is InChI=1S/C7H10N2O2S2/c1-12-7-4-5(13(9,10)11)2-3-6(7)8/h2-4H,8H2,1H3,(H2,9,10,11). The SMILES string of the molecule is CSc1cc(S(N)(=O)=O)ccc1N. The molecule has 6 heteroatoms. The Labute approximate surface area is 81.4 Å². The van der Waals surface area contributed by atoms with Gasteiger partial charge in [-0.1, -0.05) is 0 Å². The minimum absolute atomic E-state index is 0.0889. The number of nitrogens with two attached hydrogens (primary N) is 2. The molecule has 0 aliphatic rings. The van der Waals surface area contributed by atoms with Crippen molar-refractivity contribution in [3.05, 3.63) is 18.2 Å². The molecule has 1 aromatic rings. The van der Waals surface area contributed by atoms with E-state index in [0.717, 1.165) is 0 Å². The predicted molar refractivity (Wildman–Crippen MR) is 54.0 cm³/mol. The van der Waals surface area contributed by atoms with Gasteiger partial charge in [-0.3, -0.25) is 0 Å². The molecule has 72 valence electrons. The first-order valence-electron chi connectivity index (χ1n) is 3.41. The van der Waals surface area contributed by atoms with Gasteiger partial charge in [-0.25, -0.2) is 13.6 Å². The van der Waals surface area contributed by atoms with E-state index in [1.807, 2.05) is 6.26 Å². The lowest BCUT2D eigenvalue weighted by molar-refractivity contribution is 0.597. The van der Waals surface area contributed by atoms with Crippen LogP contribution >= 0.6 is 11.8 Å². The molecule has 0 atom stereocenters. The van der Waals surface area contributed by atoms with E-state index in [1.54, 1.807) is 0 Å². The van der Waals surface area contributed by atoms with Crippen LogP contribution in [0.5, 0.6) is 0 Å². The van der Waals surface area contributed by atoms with E-state index in [-0.39, 0.29) is 4.90 Å². The van der Waals surface area contributed by atoms with Crippen LogP contribution in [-0.4, -0.2) is 14.7 Å². The molecule has 0 heterocycles. The third kappa shape index (κ3) is 2.36. The second-order valence-electron chi connectivity index (χ2n) is 2.45. The van der Waals surface area contributed by atoms with Crippen LogP contribution in [0, 0.1) is 0 Å². The van der Waals surface area contributed by atoms with E-state index in [9.17, 15) is 8.42 Å². The van der Waals surface area contributed by atoms with E-state index in [4.69, 9.17) is 10.9 Å². The zero-order valence-corrected chi connectivity index (χ0v) is 8.65. The van der Waals surface area contributed by atoms with Gasteiger partial charge < -0.3 is 5.73 Å². The number of hydrogen-bond acceptors (Lipinski definition) is 4. The minimum Gasteiger partial charge on any atom is -0.398 e. The number of anilines is 1. The minimum atomic E-state index is -3.62. The van der Waals surface area contributed by atoms with Crippen molar-refractivity contribution >= 4 is 27.5 Å². The van der Waals surface area contributed by atoms with E-state index in [0.29, 0.717) is 10.6 Å². The fourth-order valence-corrected chi connectivity index (χ4v) is 2.03. The van der Waals surface area contributed by atoms with E-state index in [1.165, 1.54) is 30.0 Å². The lowest BCUT2D eigenvalue weighted by Gasteiger charge is -2.04. The van der Waals surface area contributed by atoms with Crippen LogP contribution in [0.1, 0.15) is 0 Å². The Bertz CT molecular complexity index is 415. The second-order valence-corrected chi connectivity index (χ2v) is 4.86. The van der Waals surface area contributed by atoms with Crippen molar-refractivity contribution in [3.63, 3.8) is 0 Å². The summed E-state index contributed by atoms with van der Waals surface area (Å²) in [7, 11) is -3.62. The number of sulfonamides is 1. The number of primary sulfonamides is 1. The Morgan fingerprint density at radius 2 is 2.00 bits per heavy atom. The summed E-state index contributed by atoms with van der Waals surface area (Å²) in [6.45, 7) is 0. The van der Waals surface area contributed by atoms with Crippen LogP contribution in [0.2, 0.25) is 0 Å². The van der Waals surface area contributed by atoms with Gasteiger partial charge in [0.25, 0.3) is 0 Å². The summed E-state index contributed by atoms with van der Waals surface area (Å²) in [5.74, 6) is 0. The van der Waals surface area contributed by atoms with Crippen molar-refractivity contribution < 1.29 is 8.42 Å². The van der Waals surface area contributed by atoms with Crippen LogP contribution in [0.4, 0.5) is 5.69 Å². The van der Waals surface area contributed by atoms with Gasteiger partial charge in [-0.05, 0) is 24.5 Å². The Morgan fingerprint density at radius 3 is 2.46 bits per heavy atom. The lowest BCUT2D eigenvalue weighted by Crippen LogP contribution is -2.12. The maximum atomic E-state index is 10.9. The Kier molecular flexibility index (Phi) is 2.84. The first-order chi connectivity index (χ1) is 5.95. The van der Waals surface area contributed by atoms with Crippen molar-refractivity contribution in [3.8, 4) is 0 Å². The van der Waals surface area contributed by atoms with Gasteiger partial charge in [0.1, 0.15) is 0 Å². The second kappa shape index (κ2) is 3.57. The average Bonchev–Trinajstić information content (AvgIpc) is 2.03. The van der Waals surface area contributed by atoms with Crippen LogP contribution in [0.3, 0.4) is 0 Å². The van der Waals surface area contributed by atoms with Crippen molar-refractivity contribution in [2.24, 2.45) is 5.14 Å². The highest BCUT2D eigenvalue weighted by Gasteiger charge is 2.09. The maximum Gasteiger partial charge on any atom is 0.238 e. The number of thioether (sulfide) groups is 1. The van der Waals surface area contributed by atoms with E-state index >= 15 is 0 Å². The molecule has 0 saturated carbocycles. The zero-order chi connectivity index (χ0) is 10.1. The fourth-order valence-electron chi connectivity index (χ4n) is 0.868. The molecule has 4 N–H and O–H groups in total. The van der Waals surface area contributed by atoms with E-state index < -0.39 is 10.0 Å². The molecular formula is C7H10N2O2S2. The summed E-state index contributed by atoms with van der Waals surface area (Å²) in [5.41, 5.74) is 6.14. The molecule has 0 amide bonds. The van der Waals surface area contributed by atoms with Crippen molar-refractivity contribution in [1.82, 2.24) is 0 Å². The Morgan fingerprint density at radius 1 is 1.38 bits per heavy atom. The third-order valence-corrected chi connectivity index (χ3v) is 3.24. The highest BCUT2D eigenvalue weighted by molar-refractivity contribution is 7.98. The zero-order valence-electron chi connectivity index (χ0n) is 7.02. The molecule has 0 aromatic heterocycles. The summed E-state index contributed by atoms with van der Waals surface area (Å²) in [4.78, 5) is 0.803. The molecule has 0 aliphatic heterocycles. The average molecular weight is 218 g/mol. The smallest absolute Gasteiger partial charge is 0.238 e. The number of rotatable bonds is 2. The predicted octanol–water partition coefficient (Wildman–Crippen LogP) is 0.638. The number of benzene rings is 1. The van der Waals surface area contributed by atoms with Gasteiger partial charge in [0.05, 0.1) is 4.90 Å². The molecule has 0 bridgehead atoms. The van der Waals surface area contributed by atoms with Gasteiger partial charge in [-0.2, -0.15) is 0 Å². The Balaban J connectivity index is 3.30. The molecule has 0 aliphatic carbocycles.